The second-order valence-electron chi connectivity index (χ2n) is 5.06. The van der Waals surface area contributed by atoms with Gasteiger partial charge in [0, 0.05) is 10.6 Å². The first-order valence-electron chi connectivity index (χ1n) is 7.19. The lowest BCUT2D eigenvalue weighted by atomic mass is 10.2. The van der Waals surface area contributed by atoms with E-state index in [0.29, 0.717) is 27.3 Å². The highest BCUT2D eigenvalue weighted by molar-refractivity contribution is 6.36. The van der Waals surface area contributed by atoms with E-state index in [-0.39, 0.29) is 5.56 Å². The number of furan rings is 1. The second-order valence-corrected chi connectivity index (χ2v) is 5.90. The lowest BCUT2D eigenvalue weighted by Gasteiger charge is -2.03. The summed E-state index contributed by atoms with van der Waals surface area (Å²) in [5, 5.41) is 15.8. The number of hydrazone groups is 1. The Kier molecular flexibility index (Phi) is 5.07. The Bertz CT molecular complexity index is 934. The second kappa shape index (κ2) is 7.42. The monoisotopic (exact) mass is 373 g/mol. The maximum absolute atomic E-state index is 10.7. The van der Waals surface area contributed by atoms with Crippen LogP contribution in [-0.2, 0) is 0 Å². The van der Waals surface area contributed by atoms with E-state index in [1.165, 1.54) is 18.3 Å². The van der Waals surface area contributed by atoms with Crippen LogP contribution in [0.2, 0.25) is 10.0 Å². The largest absolute Gasteiger partial charge is 0.545 e. The summed E-state index contributed by atoms with van der Waals surface area (Å²) in [7, 11) is 0. The molecule has 0 aliphatic carbocycles. The topological polar surface area (TPSA) is 77.7 Å². The number of nitrogens with zero attached hydrogens (tertiary/aromatic N) is 1. The fraction of sp³-hybridized carbons (Fsp3) is 0. The van der Waals surface area contributed by atoms with Crippen LogP contribution in [0.5, 0.6) is 0 Å². The van der Waals surface area contributed by atoms with Gasteiger partial charge in [-0.1, -0.05) is 35.3 Å². The van der Waals surface area contributed by atoms with Crippen molar-refractivity contribution in [3.63, 3.8) is 0 Å². The molecule has 0 saturated carbocycles. The van der Waals surface area contributed by atoms with E-state index in [9.17, 15) is 9.90 Å². The first-order chi connectivity index (χ1) is 12.0. The number of carbonyl (C=O) groups is 1. The Morgan fingerprint density at radius 2 is 1.84 bits per heavy atom. The van der Waals surface area contributed by atoms with Gasteiger partial charge in [0.2, 0.25) is 0 Å². The molecule has 0 amide bonds. The number of anilines is 1. The minimum absolute atomic E-state index is 0.102. The number of halogens is 2. The summed E-state index contributed by atoms with van der Waals surface area (Å²) < 4.78 is 5.68. The van der Waals surface area contributed by atoms with E-state index in [0.717, 1.165) is 5.56 Å². The smallest absolute Gasteiger partial charge is 0.147 e. The van der Waals surface area contributed by atoms with Gasteiger partial charge in [-0.05, 0) is 48.0 Å². The van der Waals surface area contributed by atoms with E-state index in [1.807, 2.05) is 0 Å². The molecule has 0 fully saturated rings. The molecule has 25 heavy (non-hydrogen) atoms. The highest BCUT2D eigenvalue weighted by atomic mass is 35.5. The van der Waals surface area contributed by atoms with Crippen molar-refractivity contribution in [1.29, 1.82) is 0 Å². The third-order valence-corrected chi connectivity index (χ3v) is 3.88. The first kappa shape index (κ1) is 17.1. The average Bonchev–Trinajstić information content (AvgIpc) is 3.04. The molecule has 5 nitrogen and oxygen atoms in total. The third-order valence-electron chi connectivity index (χ3n) is 3.33. The highest BCUT2D eigenvalue weighted by Gasteiger charge is 2.08. The van der Waals surface area contributed by atoms with Crippen LogP contribution in [0.4, 0.5) is 5.69 Å². The Labute approximate surface area is 153 Å². The van der Waals surface area contributed by atoms with Gasteiger partial charge in [-0.25, -0.2) is 0 Å². The number of carboxylic acid groups (broad SMARTS) is 1. The predicted molar refractivity (Wildman–Crippen MR) is 96.2 cm³/mol. The molecular weight excluding hydrogens is 363 g/mol. The van der Waals surface area contributed by atoms with Crippen molar-refractivity contribution < 1.29 is 14.3 Å². The number of carbonyl (C=O) groups excluding carboxylic acids is 1. The van der Waals surface area contributed by atoms with E-state index >= 15 is 0 Å². The van der Waals surface area contributed by atoms with Crippen LogP contribution in [-0.4, -0.2) is 12.2 Å². The van der Waals surface area contributed by atoms with E-state index < -0.39 is 5.97 Å². The summed E-state index contributed by atoms with van der Waals surface area (Å²) in [4.78, 5) is 10.7. The van der Waals surface area contributed by atoms with Crippen molar-refractivity contribution in [1.82, 2.24) is 0 Å². The van der Waals surface area contributed by atoms with Gasteiger partial charge in [0.15, 0.2) is 0 Å². The average molecular weight is 374 g/mol. The fourth-order valence-corrected chi connectivity index (χ4v) is 2.61. The molecule has 0 saturated heterocycles. The molecular formula is C18H11Cl2N2O3-. The number of hydrogen-bond donors (Lipinski definition) is 1. The van der Waals surface area contributed by atoms with E-state index in [2.05, 4.69) is 10.5 Å². The van der Waals surface area contributed by atoms with Crippen molar-refractivity contribution in [2.75, 3.05) is 5.43 Å². The van der Waals surface area contributed by atoms with E-state index in [1.54, 1.807) is 42.5 Å². The highest BCUT2D eigenvalue weighted by Crippen LogP contribution is 2.31. The van der Waals surface area contributed by atoms with Gasteiger partial charge in [-0.3, -0.25) is 5.43 Å². The quantitative estimate of drug-likeness (QED) is 0.540. The van der Waals surface area contributed by atoms with Gasteiger partial charge < -0.3 is 14.3 Å². The van der Waals surface area contributed by atoms with Gasteiger partial charge in [-0.2, -0.15) is 5.10 Å². The molecule has 0 radical (unpaired) electrons. The number of nitrogens with one attached hydrogen (secondary N) is 1. The normalized spacial score (nSPS) is 11.0. The van der Waals surface area contributed by atoms with Crippen LogP contribution in [0.25, 0.3) is 11.3 Å². The lowest BCUT2D eigenvalue weighted by molar-refractivity contribution is -0.255. The summed E-state index contributed by atoms with van der Waals surface area (Å²) in [6.07, 6.45) is 1.50. The number of hydrogen-bond acceptors (Lipinski definition) is 5. The molecule has 126 valence electrons. The van der Waals surface area contributed by atoms with Crippen LogP contribution in [0.15, 0.2) is 64.1 Å². The summed E-state index contributed by atoms with van der Waals surface area (Å²) >= 11 is 12.0. The molecule has 7 heteroatoms. The number of benzene rings is 2. The molecule has 1 N–H and O–H groups in total. The molecule has 0 aliphatic rings. The first-order valence-corrected chi connectivity index (χ1v) is 7.94. The lowest BCUT2D eigenvalue weighted by Crippen LogP contribution is -2.21. The van der Waals surface area contributed by atoms with Crippen molar-refractivity contribution in [2.45, 2.75) is 0 Å². The van der Waals surface area contributed by atoms with Gasteiger partial charge in [-0.15, -0.1) is 0 Å². The molecule has 1 heterocycles. The number of aromatic carboxylic acids is 1. The van der Waals surface area contributed by atoms with Crippen LogP contribution >= 0.6 is 23.2 Å². The molecule has 1 aromatic heterocycles. The van der Waals surface area contributed by atoms with Gasteiger partial charge in [0.1, 0.15) is 11.5 Å². The summed E-state index contributed by atoms with van der Waals surface area (Å²) in [6.45, 7) is 0. The minimum Gasteiger partial charge on any atom is -0.545 e. The van der Waals surface area contributed by atoms with Crippen molar-refractivity contribution in [3.8, 4) is 11.3 Å². The zero-order valence-corrected chi connectivity index (χ0v) is 14.2. The minimum atomic E-state index is -1.22. The maximum atomic E-state index is 10.7. The SMILES string of the molecule is O=C([O-])c1ccc(N/N=C\c2ccc(-c3ccc(Cl)cc3Cl)o2)cc1. The zero-order valence-electron chi connectivity index (χ0n) is 12.7. The molecule has 0 unspecified atom stereocenters. The third kappa shape index (κ3) is 4.21. The molecule has 0 bridgehead atoms. The number of rotatable bonds is 5. The van der Waals surface area contributed by atoms with Crippen LogP contribution in [0, 0.1) is 0 Å². The Morgan fingerprint density at radius 1 is 1.08 bits per heavy atom. The van der Waals surface area contributed by atoms with Crippen molar-refractivity contribution in [3.05, 3.63) is 76.0 Å². The van der Waals surface area contributed by atoms with Crippen LogP contribution in [0.1, 0.15) is 16.1 Å². The molecule has 0 aliphatic heterocycles. The number of carboxylic acids is 1. The Morgan fingerprint density at radius 3 is 2.52 bits per heavy atom. The standard InChI is InChI=1S/C18H12Cl2N2O3/c19-12-3-7-15(16(20)9-12)17-8-6-14(25-17)10-21-22-13-4-1-11(2-5-13)18(23)24/h1-10,22H,(H,23,24)/p-1/b21-10-. The molecule has 3 aromatic rings. The summed E-state index contributed by atoms with van der Waals surface area (Å²) in [5.41, 5.74) is 4.25. The van der Waals surface area contributed by atoms with Crippen molar-refractivity contribution >= 4 is 41.1 Å². The van der Waals surface area contributed by atoms with Crippen molar-refractivity contribution in [2.24, 2.45) is 5.10 Å². The van der Waals surface area contributed by atoms with E-state index in [4.69, 9.17) is 27.6 Å². The van der Waals surface area contributed by atoms with Crippen LogP contribution in [0.3, 0.4) is 0 Å². The van der Waals surface area contributed by atoms with Gasteiger partial charge >= 0.3 is 0 Å². The zero-order chi connectivity index (χ0) is 17.8. The fourth-order valence-electron chi connectivity index (χ4n) is 2.11. The molecule has 2 aromatic carbocycles. The molecule has 3 rings (SSSR count). The maximum Gasteiger partial charge on any atom is 0.147 e. The Hall–Kier alpha value is -2.76. The Balaban J connectivity index is 1.68. The van der Waals surface area contributed by atoms with Crippen LogP contribution < -0.4 is 10.5 Å². The summed E-state index contributed by atoms with van der Waals surface area (Å²) in [6, 6.07) is 14.7. The summed E-state index contributed by atoms with van der Waals surface area (Å²) in [5.74, 6) is -0.0969. The predicted octanol–water partition coefficient (Wildman–Crippen LogP) is 4.06. The van der Waals surface area contributed by atoms with Gasteiger partial charge in [0.05, 0.1) is 22.9 Å². The molecule has 0 atom stereocenters. The van der Waals surface area contributed by atoms with Gasteiger partial charge in [0.25, 0.3) is 0 Å². The molecule has 0 spiro atoms.